The van der Waals surface area contributed by atoms with Crippen LogP contribution in [0.3, 0.4) is 0 Å². The van der Waals surface area contributed by atoms with E-state index in [1.54, 1.807) is 4.90 Å². The average Bonchev–Trinajstić information content (AvgIpc) is 2.59. The minimum atomic E-state index is -0.465. The number of fused-ring (bicyclic) bond motifs is 1. The number of carbonyl (C=O) groups is 1. The molecule has 2 aromatic rings. The summed E-state index contributed by atoms with van der Waals surface area (Å²) in [7, 11) is 1.83. The molecule has 0 bridgehead atoms. The number of amides is 1. The van der Waals surface area contributed by atoms with Crippen molar-refractivity contribution in [3.8, 4) is 0 Å². The molecule has 1 amide bonds. The van der Waals surface area contributed by atoms with Gasteiger partial charge in [-0.1, -0.05) is 0 Å². The number of pyridine rings is 2. The Morgan fingerprint density at radius 3 is 2.62 bits per heavy atom. The number of piperidine rings is 1. The first-order valence-corrected chi connectivity index (χ1v) is 9.94. The molecular weight excluding hydrogens is 443 g/mol. The average molecular weight is 468 g/mol. The van der Waals surface area contributed by atoms with Crippen LogP contribution in [-0.2, 0) is 4.74 Å². The highest BCUT2D eigenvalue weighted by atomic mass is 127. The molecule has 7 heteroatoms. The van der Waals surface area contributed by atoms with Gasteiger partial charge >= 0.3 is 6.09 Å². The van der Waals surface area contributed by atoms with Gasteiger partial charge in [0.25, 0.3) is 0 Å². The molecule has 1 aliphatic heterocycles. The number of nitrogens with zero attached hydrogens (tertiary/aromatic N) is 4. The number of ether oxygens (including phenoxy) is 1. The molecule has 0 N–H and O–H groups in total. The van der Waals surface area contributed by atoms with Crippen molar-refractivity contribution in [2.45, 2.75) is 45.3 Å². The maximum Gasteiger partial charge on any atom is 0.410 e. The van der Waals surface area contributed by atoms with Gasteiger partial charge in [-0.05, 0) is 74.4 Å². The number of hydrogen-bond donors (Lipinski definition) is 0. The number of carbonyl (C=O) groups excluding carboxylic acids is 1. The first-order valence-electron chi connectivity index (χ1n) is 8.86. The summed E-state index contributed by atoms with van der Waals surface area (Å²) >= 11 is 2.22. The third-order valence-electron chi connectivity index (χ3n) is 4.55. The van der Waals surface area contributed by atoms with Gasteiger partial charge in [-0.15, -0.1) is 0 Å². The van der Waals surface area contributed by atoms with E-state index < -0.39 is 5.60 Å². The van der Waals surface area contributed by atoms with E-state index >= 15 is 0 Å². The van der Waals surface area contributed by atoms with Crippen LogP contribution in [0.2, 0.25) is 0 Å². The first-order chi connectivity index (χ1) is 12.2. The molecule has 0 aliphatic carbocycles. The van der Waals surface area contributed by atoms with E-state index in [9.17, 15) is 4.79 Å². The maximum absolute atomic E-state index is 12.3. The van der Waals surface area contributed by atoms with Crippen molar-refractivity contribution in [1.29, 1.82) is 0 Å². The predicted octanol–water partition coefficient (Wildman–Crippen LogP) is 4.07. The van der Waals surface area contributed by atoms with E-state index in [1.807, 2.05) is 46.1 Å². The van der Waals surface area contributed by atoms with Gasteiger partial charge in [0.1, 0.15) is 9.30 Å². The standard InChI is InChI=1S/C19H25IN4O2/c1-19(2,3)26-18(25)23(4)13-7-9-24(10-8-13)14-11-16-15(21-12-14)5-6-17(20)22-16/h5-6,11-13H,7-10H2,1-4H3. The van der Waals surface area contributed by atoms with Gasteiger partial charge in [-0.25, -0.2) is 9.78 Å². The SMILES string of the molecule is CN(C(=O)OC(C)(C)C)C1CCN(c2cnc3ccc(I)nc3c2)CC1. The lowest BCUT2D eigenvalue weighted by molar-refractivity contribution is 0.0201. The molecule has 0 spiro atoms. The second-order valence-corrected chi connectivity index (χ2v) is 8.78. The minimum absolute atomic E-state index is 0.202. The molecule has 26 heavy (non-hydrogen) atoms. The number of hydrogen-bond acceptors (Lipinski definition) is 5. The second kappa shape index (κ2) is 7.54. The molecular formula is C19H25IN4O2. The highest BCUT2D eigenvalue weighted by molar-refractivity contribution is 14.1. The first kappa shape index (κ1) is 19.1. The van der Waals surface area contributed by atoms with Crippen LogP contribution in [0.25, 0.3) is 11.0 Å². The number of rotatable bonds is 2. The summed E-state index contributed by atoms with van der Waals surface area (Å²) in [6.07, 6.45) is 3.48. The van der Waals surface area contributed by atoms with Crippen molar-refractivity contribution in [2.75, 3.05) is 25.0 Å². The molecule has 1 saturated heterocycles. The predicted molar refractivity (Wildman–Crippen MR) is 111 cm³/mol. The summed E-state index contributed by atoms with van der Waals surface area (Å²) in [5.74, 6) is 0. The van der Waals surface area contributed by atoms with Crippen LogP contribution in [0.4, 0.5) is 10.5 Å². The zero-order chi connectivity index (χ0) is 18.9. The Labute approximate surface area is 168 Å². The molecule has 2 aromatic heterocycles. The smallest absolute Gasteiger partial charge is 0.410 e. The summed E-state index contributed by atoms with van der Waals surface area (Å²) in [4.78, 5) is 25.4. The summed E-state index contributed by atoms with van der Waals surface area (Å²) in [6, 6.07) is 6.26. The summed E-state index contributed by atoms with van der Waals surface area (Å²) in [6.45, 7) is 7.44. The summed E-state index contributed by atoms with van der Waals surface area (Å²) < 4.78 is 6.44. The van der Waals surface area contributed by atoms with E-state index in [2.05, 4.69) is 43.5 Å². The zero-order valence-corrected chi connectivity index (χ0v) is 17.9. The molecule has 140 valence electrons. The van der Waals surface area contributed by atoms with Crippen molar-refractivity contribution >= 4 is 45.4 Å². The van der Waals surface area contributed by atoms with Crippen LogP contribution < -0.4 is 4.90 Å². The maximum atomic E-state index is 12.3. The fourth-order valence-electron chi connectivity index (χ4n) is 3.14. The molecule has 3 heterocycles. The van der Waals surface area contributed by atoms with E-state index in [1.165, 1.54) is 0 Å². The van der Waals surface area contributed by atoms with Crippen molar-refractivity contribution in [3.05, 3.63) is 28.1 Å². The Morgan fingerprint density at radius 2 is 1.96 bits per heavy atom. The van der Waals surface area contributed by atoms with Crippen LogP contribution in [-0.4, -0.2) is 52.7 Å². The highest BCUT2D eigenvalue weighted by Gasteiger charge is 2.28. The Kier molecular flexibility index (Phi) is 5.55. The molecule has 3 rings (SSSR count). The topological polar surface area (TPSA) is 58.6 Å². The Balaban J connectivity index is 1.64. The quantitative estimate of drug-likeness (QED) is 0.492. The van der Waals surface area contributed by atoms with Gasteiger partial charge in [0.15, 0.2) is 0 Å². The van der Waals surface area contributed by atoms with Crippen molar-refractivity contribution in [3.63, 3.8) is 0 Å². The van der Waals surface area contributed by atoms with Crippen LogP contribution in [0.1, 0.15) is 33.6 Å². The molecule has 1 aliphatic rings. The van der Waals surface area contributed by atoms with Gasteiger partial charge < -0.3 is 14.5 Å². The van der Waals surface area contributed by atoms with Gasteiger partial charge in [0.2, 0.25) is 0 Å². The lowest BCUT2D eigenvalue weighted by Gasteiger charge is -2.38. The van der Waals surface area contributed by atoms with Crippen LogP contribution in [0, 0.1) is 3.70 Å². The lowest BCUT2D eigenvalue weighted by atomic mass is 10.0. The number of aromatic nitrogens is 2. The monoisotopic (exact) mass is 468 g/mol. The molecule has 0 radical (unpaired) electrons. The zero-order valence-electron chi connectivity index (χ0n) is 15.7. The Morgan fingerprint density at radius 1 is 1.27 bits per heavy atom. The van der Waals surface area contributed by atoms with Gasteiger partial charge in [0, 0.05) is 26.2 Å². The van der Waals surface area contributed by atoms with E-state index in [-0.39, 0.29) is 12.1 Å². The molecule has 0 atom stereocenters. The van der Waals surface area contributed by atoms with E-state index in [4.69, 9.17) is 4.74 Å². The molecule has 0 aromatic carbocycles. The van der Waals surface area contributed by atoms with Crippen molar-refractivity contribution < 1.29 is 9.53 Å². The Bertz CT molecular complexity index is 798. The minimum Gasteiger partial charge on any atom is -0.444 e. The molecule has 0 unspecified atom stereocenters. The molecule has 0 saturated carbocycles. The Hall–Kier alpha value is -1.64. The van der Waals surface area contributed by atoms with Crippen LogP contribution in [0.15, 0.2) is 24.4 Å². The lowest BCUT2D eigenvalue weighted by Crippen LogP contribution is -2.47. The fraction of sp³-hybridized carbons (Fsp3) is 0.526. The largest absolute Gasteiger partial charge is 0.444 e. The summed E-state index contributed by atoms with van der Waals surface area (Å²) in [5.41, 5.74) is 2.45. The van der Waals surface area contributed by atoms with Crippen LogP contribution >= 0.6 is 22.6 Å². The van der Waals surface area contributed by atoms with E-state index in [0.717, 1.165) is 46.4 Å². The third kappa shape index (κ3) is 4.55. The normalized spacial score (nSPS) is 16.0. The highest BCUT2D eigenvalue weighted by Crippen LogP contribution is 2.25. The number of halogens is 1. The van der Waals surface area contributed by atoms with E-state index in [0.29, 0.717) is 0 Å². The number of anilines is 1. The molecule has 1 fully saturated rings. The van der Waals surface area contributed by atoms with Crippen molar-refractivity contribution in [1.82, 2.24) is 14.9 Å². The summed E-state index contributed by atoms with van der Waals surface area (Å²) in [5, 5.41) is 0. The fourth-order valence-corrected chi connectivity index (χ4v) is 3.58. The molecule has 6 nitrogen and oxygen atoms in total. The van der Waals surface area contributed by atoms with Gasteiger partial charge in [-0.3, -0.25) is 4.98 Å². The van der Waals surface area contributed by atoms with Crippen LogP contribution in [0.5, 0.6) is 0 Å². The van der Waals surface area contributed by atoms with Gasteiger partial charge in [-0.2, -0.15) is 0 Å². The second-order valence-electron chi connectivity index (χ2n) is 7.68. The third-order valence-corrected chi connectivity index (χ3v) is 5.15. The van der Waals surface area contributed by atoms with Gasteiger partial charge in [0.05, 0.1) is 22.9 Å². The van der Waals surface area contributed by atoms with Crippen molar-refractivity contribution in [2.24, 2.45) is 0 Å².